The van der Waals surface area contributed by atoms with Crippen LogP contribution in [0.3, 0.4) is 0 Å². The minimum atomic E-state index is -3.69. The van der Waals surface area contributed by atoms with Crippen molar-refractivity contribution in [2.45, 2.75) is 13.5 Å². The molecule has 5 aromatic rings. The van der Waals surface area contributed by atoms with Crippen LogP contribution in [0.15, 0.2) is 67.0 Å². The van der Waals surface area contributed by atoms with E-state index in [0.717, 1.165) is 16.5 Å². The molecule has 0 aliphatic heterocycles. The van der Waals surface area contributed by atoms with Crippen molar-refractivity contribution >= 4 is 52.6 Å². The number of rotatable bonds is 10. The van der Waals surface area contributed by atoms with Gasteiger partial charge in [0.2, 0.25) is 5.65 Å². The summed E-state index contributed by atoms with van der Waals surface area (Å²) in [5.74, 6) is -0.145. The zero-order valence-corrected chi connectivity index (χ0v) is 21.5. The van der Waals surface area contributed by atoms with Gasteiger partial charge in [-0.2, -0.15) is 0 Å². The van der Waals surface area contributed by atoms with Crippen molar-refractivity contribution in [1.82, 2.24) is 29.9 Å². The number of ether oxygens (including phenoxy) is 1. The Morgan fingerprint density at radius 2 is 1.95 bits per heavy atom. The van der Waals surface area contributed by atoms with Crippen LogP contribution in [0.5, 0.6) is 0 Å². The molecule has 1 N–H and O–H groups in total. The van der Waals surface area contributed by atoms with E-state index in [1.54, 1.807) is 48.3 Å². The highest BCUT2D eigenvalue weighted by Crippen LogP contribution is 2.46. The molecule has 3 aromatic heterocycles. The Morgan fingerprint density at radius 1 is 1.11 bits per heavy atom. The van der Waals surface area contributed by atoms with Gasteiger partial charge in [0.1, 0.15) is 0 Å². The summed E-state index contributed by atoms with van der Waals surface area (Å²) in [4.78, 5) is 24.9. The second-order valence-corrected chi connectivity index (χ2v) is 10.2. The van der Waals surface area contributed by atoms with Gasteiger partial charge in [-0.05, 0) is 55.0 Å². The molecule has 1 unspecified atom stereocenters. The van der Waals surface area contributed by atoms with Crippen LogP contribution in [0.4, 0.5) is 11.5 Å². The molecule has 12 nitrogen and oxygen atoms in total. The highest BCUT2D eigenvalue weighted by Gasteiger charge is 2.27. The SMILES string of the molecule is CCOC(=O)COP(=O)(OC)c1ccc(Nc2cnc3nnn(Cc4ccc5ncccc5c4)c3n2)cc1. The normalized spacial score (nSPS) is 12.9. The fourth-order valence-electron chi connectivity index (χ4n) is 3.77. The van der Waals surface area contributed by atoms with Gasteiger partial charge in [-0.25, -0.2) is 19.4 Å². The van der Waals surface area contributed by atoms with Gasteiger partial charge in [-0.3, -0.25) is 14.1 Å². The second kappa shape index (κ2) is 11.0. The molecule has 0 bridgehead atoms. The fraction of sp³-hybridized carbons (Fsp3) is 0.200. The average molecular weight is 533 g/mol. The van der Waals surface area contributed by atoms with Crippen LogP contribution in [0, 0.1) is 0 Å². The first-order chi connectivity index (χ1) is 18.5. The van der Waals surface area contributed by atoms with E-state index in [1.807, 2.05) is 24.3 Å². The number of hydrogen-bond donors (Lipinski definition) is 1. The van der Waals surface area contributed by atoms with E-state index in [9.17, 15) is 9.36 Å². The highest BCUT2D eigenvalue weighted by atomic mass is 31.2. The number of pyridine rings is 1. The highest BCUT2D eigenvalue weighted by molar-refractivity contribution is 7.62. The number of anilines is 2. The number of carbonyl (C=O) groups excluding carboxylic acids is 1. The standard InChI is InChI=1S/C25H24N7O5P/c1-3-36-23(33)16-37-38(34,35-2)20-9-7-19(8-10-20)28-22-14-27-24-25(29-22)32(31-30-24)15-17-6-11-21-18(13-17)5-4-12-26-21/h4-14H,3,15-16H2,1-2H3,(H,28,29). The predicted octanol–water partition coefficient (Wildman–Crippen LogP) is 3.61. The Hall–Kier alpha value is -4.25. The molecule has 0 fully saturated rings. The zero-order chi connectivity index (χ0) is 26.5. The molecular weight excluding hydrogens is 509 g/mol. The van der Waals surface area contributed by atoms with Gasteiger partial charge in [-0.15, -0.1) is 5.10 Å². The Kier molecular flexibility index (Phi) is 7.36. The van der Waals surface area contributed by atoms with Crippen LogP contribution >= 0.6 is 7.60 Å². The van der Waals surface area contributed by atoms with E-state index in [0.29, 0.717) is 34.6 Å². The van der Waals surface area contributed by atoms with Crippen molar-refractivity contribution in [1.29, 1.82) is 0 Å². The Bertz CT molecular complexity index is 1640. The van der Waals surface area contributed by atoms with Crippen molar-refractivity contribution in [3.63, 3.8) is 0 Å². The van der Waals surface area contributed by atoms with Crippen LogP contribution in [0.2, 0.25) is 0 Å². The molecule has 0 amide bonds. The topological polar surface area (TPSA) is 143 Å². The van der Waals surface area contributed by atoms with Crippen molar-refractivity contribution in [2.24, 2.45) is 0 Å². The van der Waals surface area contributed by atoms with Crippen molar-refractivity contribution in [2.75, 3.05) is 25.6 Å². The number of carbonyl (C=O) groups is 1. The summed E-state index contributed by atoms with van der Waals surface area (Å²) < 4.78 is 29.9. The third-order valence-corrected chi connectivity index (χ3v) is 7.46. The van der Waals surface area contributed by atoms with E-state index < -0.39 is 20.2 Å². The first kappa shape index (κ1) is 25.4. The summed E-state index contributed by atoms with van der Waals surface area (Å²) in [5.41, 5.74) is 3.56. The van der Waals surface area contributed by atoms with Gasteiger partial charge in [0.15, 0.2) is 18.1 Å². The number of benzene rings is 2. The van der Waals surface area contributed by atoms with E-state index in [-0.39, 0.29) is 6.61 Å². The number of esters is 1. The Balaban J connectivity index is 1.31. The summed E-state index contributed by atoms with van der Waals surface area (Å²) >= 11 is 0. The van der Waals surface area contributed by atoms with Crippen LogP contribution in [-0.4, -0.2) is 56.2 Å². The average Bonchev–Trinajstić information content (AvgIpc) is 3.34. The summed E-state index contributed by atoms with van der Waals surface area (Å²) in [6.45, 7) is 1.86. The molecule has 3 heterocycles. The second-order valence-electron chi connectivity index (χ2n) is 8.11. The number of hydrogen-bond acceptors (Lipinski definition) is 11. The molecule has 0 saturated heterocycles. The predicted molar refractivity (Wildman–Crippen MR) is 141 cm³/mol. The molecule has 0 saturated carbocycles. The number of nitrogens with zero attached hydrogens (tertiary/aromatic N) is 6. The minimum absolute atomic E-state index is 0.201. The first-order valence-corrected chi connectivity index (χ1v) is 13.2. The van der Waals surface area contributed by atoms with E-state index in [4.69, 9.17) is 13.8 Å². The molecule has 2 aromatic carbocycles. The lowest BCUT2D eigenvalue weighted by Crippen LogP contribution is -2.16. The summed E-state index contributed by atoms with van der Waals surface area (Å²) in [6.07, 6.45) is 3.32. The van der Waals surface area contributed by atoms with Gasteiger partial charge in [0, 0.05) is 24.4 Å². The van der Waals surface area contributed by atoms with Gasteiger partial charge >= 0.3 is 13.6 Å². The third kappa shape index (κ3) is 5.52. The van der Waals surface area contributed by atoms with Gasteiger partial charge in [0.25, 0.3) is 0 Å². The lowest BCUT2D eigenvalue weighted by Gasteiger charge is -2.16. The van der Waals surface area contributed by atoms with Gasteiger partial charge < -0.3 is 14.6 Å². The van der Waals surface area contributed by atoms with E-state index in [2.05, 4.69) is 36.6 Å². The number of nitrogens with one attached hydrogen (secondary N) is 1. The van der Waals surface area contributed by atoms with Gasteiger partial charge in [0.05, 0.1) is 30.2 Å². The minimum Gasteiger partial charge on any atom is -0.464 e. The fourth-order valence-corrected chi connectivity index (χ4v) is 5.02. The maximum Gasteiger partial charge on any atom is 0.361 e. The Morgan fingerprint density at radius 3 is 2.74 bits per heavy atom. The summed E-state index contributed by atoms with van der Waals surface area (Å²) in [7, 11) is -2.43. The van der Waals surface area contributed by atoms with Crippen LogP contribution in [0.25, 0.3) is 22.2 Å². The molecule has 13 heteroatoms. The Labute approximate surface area is 217 Å². The van der Waals surface area contributed by atoms with Crippen molar-refractivity contribution < 1.29 is 23.1 Å². The molecular formula is C25H24N7O5P. The van der Waals surface area contributed by atoms with Crippen LogP contribution in [-0.2, 0) is 29.7 Å². The molecule has 0 aliphatic carbocycles. The van der Waals surface area contributed by atoms with Crippen molar-refractivity contribution in [3.8, 4) is 0 Å². The molecule has 1 atom stereocenters. The third-order valence-electron chi connectivity index (χ3n) is 5.58. The molecule has 194 valence electrons. The monoisotopic (exact) mass is 533 g/mol. The maximum absolute atomic E-state index is 13.0. The zero-order valence-electron chi connectivity index (χ0n) is 20.6. The lowest BCUT2D eigenvalue weighted by atomic mass is 10.1. The molecule has 0 aliphatic rings. The molecule has 0 radical (unpaired) electrons. The first-order valence-electron chi connectivity index (χ1n) is 11.7. The molecule has 38 heavy (non-hydrogen) atoms. The molecule has 5 rings (SSSR count). The number of fused-ring (bicyclic) bond motifs is 2. The quantitative estimate of drug-likeness (QED) is 0.208. The van der Waals surface area contributed by atoms with Gasteiger partial charge in [-0.1, -0.05) is 17.3 Å². The summed E-state index contributed by atoms with van der Waals surface area (Å²) in [6, 6.07) is 16.5. The lowest BCUT2D eigenvalue weighted by molar-refractivity contribution is -0.145. The van der Waals surface area contributed by atoms with Crippen molar-refractivity contribution in [3.05, 3.63) is 72.6 Å². The maximum atomic E-state index is 13.0. The summed E-state index contributed by atoms with van der Waals surface area (Å²) in [5, 5.41) is 12.8. The van der Waals surface area contributed by atoms with E-state index >= 15 is 0 Å². The van der Waals surface area contributed by atoms with Crippen LogP contribution in [0.1, 0.15) is 12.5 Å². The smallest absolute Gasteiger partial charge is 0.361 e. The molecule has 0 spiro atoms. The largest absolute Gasteiger partial charge is 0.464 e. The van der Waals surface area contributed by atoms with Crippen LogP contribution < -0.4 is 10.6 Å². The van der Waals surface area contributed by atoms with E-state index in [1.165, 1.54) is 7.11 Å². The number of aromatic nitrogens is 6.